The standard InChI is InChI=1S/C32H52F2N4O/c1-12-14-25(20(2)3)19-27(21(4)22(5)35-26-16-17-26)37-30(39)28-15-13-18-38(28)23(6)29(31(8,9)10)36-24(7)32(11,33)34/h25-29,35-36H,2,4-7,12-19H2,1,3,8-11H3,(H,37,39)/t25-,27+,28-,29+/m0/s1. The van der Waals surface area contributed by atoms with Crippen molar-refractivity contribution in [1.29, 1.82) is 0 Å². The van der Waals surface area contributed by atoms with E-state index in [1.165, 1.54) is 0 Å². The van der Waals surface area contributed by atoms with Crippen LogP contribution in [0.25, 0.3) is 0 Å². The molecule has 0 bridgehead atoms. The number of rotatable bonds is 16. The largest absolute Gasteiger partial charge is 0.383 e. The monoisotopic (exact) mass is 546 g/mol. The number of carbonyl (C=O) groups is 1. The number of hydrogen-bond donors (Lipinski definition) is 3. The predicted molar refractivity (Wildman–Crippen MR) is 159 cm³/mol. The minimum Gasteiger partial charge on any atom is -0.383 e. The summed E-state index contributed by atoms with van der Waals surface area (Å²) in [7, 11) is 0. The van der Waals surface area contributed by atoms with Crippen LogP contribution in [0.5, 0.6) is 0 Å². The second-order valence-electron chi connectivity index (χ2n) is 12.7. The van der Waals surface area contributed by atoms with Crippen LogP contribution in [-0.2, 0) is 4.79 Å². The highest BCUT2D eigenvalue weighted by Gasteiger charge is 2.40. The lowest BCUT2D eigenvalue weighted by Crippen LogP contribution is -2.53. The van der Waals surface area contributed by atoms with Crippen LogP contribution in [0.1, 0.15) is 86.5 Å². The van der Waals surface area contributed by atoms with Gasteiger partial charge in [-0.05, 0) is 62.4 Å². The summed E-state index contributed by atoms with van der Waals surface area (Å²) in [6.45, 7) is 32.1. The molecule has 4 atom stereocenters. The van der Waals surface area contributed by atoms with E-state index in [-0.39, 0.29) is 23.6 Å². The van der Waals surface area contributed by atoms with Gasteiger partial charge in [0, 0.05) is 30.9 Å². The third kappa shape index (κ3) is 9.25. The van der Waals surface area contributed by atoms with Crippen LogP contribution in [0.3, 0.4) is 0 Å². The third-order valence-electron chi connectivity index (χ3n) is 7.91. The van der Waals surface area contributed by atoms with Crippen LogP contribution < -0.4 is 16.0 Å². The molecule has 7 heteroatoms. The molecule has 0 aromatic rings. The zero-order chi connectivity index (χ0) is 29.7. The topological polar surface area (TPSA) is 56.4 Å². The van der Waals surface area contributed by atoms with Gasteiger partial charge in [-0.2, -0.15) is 0 Å². The molecule has 2 rings (SSSR count). The second kappa shape index (κ2) is 13.2. The maximum atomic E-state index is 14.0. The number of nitrogens with one attached hydrogen (secondary N) is 3. The molecule has 0 aromatic carbocycles. The number of hydrogen-bond acceptors (Lipinski definition) is 4. The summed E-state index contributed by atoms with van der Waals surface area (Å²) in [6, 6.07) is -0.835. The maximum Gasteiger partial charge on any atom is 0.283 e. The summed E-state index contributed by atoms with van der Waals surface area (Å²) >= 11 is 0. The molecular formula is C32H52F2N4O. The molecule has 0 radical (unpaired) electrons. The number of carbonyl (C=O) groups excluding carboxylic acids is 1. The maximum absolute atomic E-state index is 14.0. The Bertz CT molecular complexity index is 954. The minimum absolute atomic E-state index is 0.108. The molecule has 1 saturated heterocycles. The first kappa shape index (κ1) is 32.6. The minimum atomic E-state index is -3.08. The Balaban J connectivity index is 2.26. The van der Waals surface area contributed by atoms with Crippen molar-refractivity contribution in [3.63, 3.8) is 0 Å². The van der Waals surface area contributed by atoms with Crippen molar-refractivity contribution >= 4 is 5.91 Å². The Morgan fingerprint density at radius 3 is 2.13 bits per heavy atom. The Kier molecular flexibility index (Phi) is 11.0. The summed E-state index contributed by atoms with van der Waals surface area (Å²) in [5, 5.41) is 9.64. The van der Waals surface area contributed by atoms with Gasteiger partial charge in [0.2, 0.25) is 5.91 Å². The lowest BCUT2D eigenvalue weighted by molar-refractivity contribution is -0.125. The van der Waals surface area contributed by atoms with E-state index < -0.39 is 23.4 Å². The van der Waals surface area contributed by atoms with Gasteiger partial charge in [-0.1, -0.05) is 72.6 Å². The summed E-state index contributed by atoms with van der Waals surface area (Å²) < 4.78 is 28.0. The molecule has 2 fully saturated rings. The molecule has 1 heterocycles. The second-order valence-corrected chi connectivity index (χ2v) is 12.7. The van der Waals surface area contributed by atoms with E-state index in [9.17, 15) is 13.6 Å². The van der Waals surface area contributed by atoms with Gasteiger partial charge in [0.05, 0.1) is 17.8 Å². The molecular weight excluding hydrogens is 494 g/mol. The first-order valence-corrected chi connectivity index (χ1v) is 14.4. The Hall–Kier alpha value is -2.57. The highest BCUT2D eigenvalue weighted by Crippen LogP contribution is 2.34. The Morgan fingerprint density at radius 1 is 1.03 bits per heavy atom. The normalized spacial score (nSPS) is 20.0. The number of halogens is 2. The van der Waals surface area contributed by atoms with E-state index in [2.05, 4.69) is 55.8 Å². The van der Waals surface area contributed by atoms with E-state index in [0.29, 0.717) is 31.1 Å². The fourth-order valence-corrected chi connectivity index (χ4v) is 5.18. The van der Waals surface area contributed by atoms with Gasteiger partial charge < -0.3 is 20.9 Å². The van der Waals surface area contributed by atoms with E-state index >= 15 is 0 Å². The molecule has 0 aromatic heterocycles. The molecule has 1 aliphatic carbocycles. The lowest BCUT2D eigenvalue weighted by atomic mass is 9.84. The highest BCUT2D eigenvalue weighted by molar-refractivity contribution is 5.83. The fourth-order valence-electron chi connectivity index (χ4n) is 5.18. The summed E-state index contributed by atoms with van der Waals surface area (Å²) in [5.41, 5.74) is 2.47. The molecule has 3 N–H and O–H groups in total. The Labute approximate surface area is 235 Å². The van der Waals surface area contributed by atoms with Gasteiger partial charge in [0.25, 0.3) is 5.92 Å². The summed E-state index contributed by atoms with van der Waals surface area (Å²) in [6.07, 6.45) is 6.40. The van der Waals surface area contributed by atoms with Crippen LogP contribution >= 0.6 is 0 Å². The molecule has 39 heavy (non-hydrogen) atoms. The van der Waals surface area contributed by atoms with Crippen LogP contribution in [0.4, 0.5) is 8.78 Å². The molecule has 1 amide bonds. The van der Waals surface area contributed by atoms with Gasteiger partial charge >= 0.3 is 0 Å². The smallest absolute Gasteiger partial charge is 0.283 e. The van der Waals surface area contributed by atoms with Gasteiger partial charge in [0.1, 0.15) is 6.04 Å². The Morgan fingerprint density at radius 2 is 1.64 bits per heavy atom. The summed E-state index contributed by atoms with van der Waals surface area (Å²) in [4.78, 5) is 15.8. The van der Waals surface area contributed by atoms with Gasteiger partial charge in [0.15, 0.2) is 0 Å². The van der Waals surface area contributed by atoms with E-state index in [1.54, 1.807) is 0 Å². The van der Waals surface area contributed by atoms with Crippen molar-refractivity contribution in [2.24, 2.45) is 11.3 Å². The molecule has 2 aliphatic rings. The van der Waals surface area contributed by atoms with Crippen LogP contribution in [0.15, 0.2) is 61.1 Å². The van der Waals surface area contributed by atoms with Crippen molar-refractivity contribution in [3.05, 3.63) is 61.1 Å². The highest BCUT2D eigenvalue weighted by atomic mass is 19.3. The quantitative estimate of drug-likeness (QED) is 0.147. The number of amides is 1. The number of allylic oxidation sites excluding steroid dienone is 2. The molecule has 1 aliphatic heterocycles. The SMILES string of the molecule is C=C(NC1CC1)C(=C)[C@@H](C[C@H](CCC)C(=C)C)NC(=O)[C@@H]1CCCN1C(=C)[C@@H](NC(=C)C(C)(F)F)C(C)(C)C. The molecule has 220 valence electrons. The average molecular weight is 547 g/mol. The molecule has 0 spiro atoms. The van der Waals surface area contributed by atoms with E-state index in [4.69, 9.17) is 0 Å². The number of nitrogens with zero attached hydrogens (tertiary/aromatic N) is 1. The van der Waals surface area contributed by atoms with Crippen LogP contribution in [0.2, 0.25) is 0 Å². The predicted octanol–water partition coefficient (Wildman–Crippen LogP) is 6.83. The molecule has 1 saturated carbocycles. The lowest BCUT2D eigenvalue weighted by Gasteiger charge is -2.41. The number of alkyl halides is 2. The fraction of sp³-hybridized carbons (Fsp3) is 0.656. The first-order chi connectivity index (χ1) is 18.0. The zero-order valence-corrected chi connectivity index (χ0v) is 25.2. The van der Waals surface area contributed by atoms with Gasteiger partial charge in [-0.25, -0.2) is 8.78 Å². The summed E-state index contributed by atoms with van der Waals surface area (Å²) in [5.74, 6) is -2.94. The first-order valence-electron chi connectivity index (χ1n) is 14.4. The van der Waals surface area contributed by atoms with Crippen molar-refractivity contribution in [3.8, 4) is 0 Å². The van der Waals surface area contributed by atoms with Crippen LogP contribution in [-0.4, -0.2) is 47.4 Å². The average Bonchev–Trinajstić information content (AvgIpc) is 3.49. The van der Waals surface area contributed by atoms with Crippen LogP contribution in [0, 0.1) is 11.3 Å². The van der Waals surface area contributed by atoms with E-state index in [0.717, 1.165) is 55.9 Å². The number of likely N-dealkylation sites (tertiary alicyclic amines) is 1. The van der Waals surface area contributed by atoms with Crippen molar-refractivity contribution in [1.82, 2.24) is 20.9 Å². The molecule has 0 unspecified atom stereocenters. The van der Waals surface area contributed by atoms with Crippen molar-refractivity contribution in [2.45, 2.75) is 117 Å². The van der Waals surface area contributed by atoms with Gasteiger partial charge in [-0.15, -0.1) is 0 Å². The molecule has 5 nitrogen and oxygen atoms in total. The zero-order valence-electron chi connectivity index (χ0n) is 25.2. The van der Waals surface area contributed by atoms with Crippen molar-refractivity contribution < 1.29 is 13.6 Å². The third-order valence-corrected chi connectivity index (χ3v) is 7.91. The van der Waals surface area contributed by atoms with Gasteiger partial charge in [-0.3, -0.25) is 4.79 Å². The van der Waals surface area contributed by atoms with Crippen molar-refractivity contribution in [2.75, 3.05) is 6.54 Å². The van der Waals surface area contributed by atoms with E-state index in [1.807, 2.05) is 32.6 Å².